The van der Waals surface area contributed by atoms with Crippen molar-refractivity contribution in [2.45, 2.75) is 46.7 Å². The number of hydrogen-bond acceptors (Lipinski definition) is 2. The van der Waals surface area contributed by atoms with E-state index in [1.165, 1.54) is 19.3 Å². The van der Waals surface area contributed by atoms with Crippen molar-refractivity contribution in [2.75, 3.05) is 0 Å². The van der Waals surface area contributed by atoms with Gasteiger partial charge in [-0.05, 0) is 19.3 Å². The van der Waals surface area contributed by atoms with Gasteiger partial charge >= 0.3 is 0 Å². The molecule has 2 heterocycles. The molecule has 0 aromatic carbocycles. The maximum atomic E-state index is 2.36. The molecule has 1 saturated carbocycles. The van der Waals surface area contributed by atoms with E-state index in [2.05, 4.69) is 30.4 Å². The third-order valence-corrected chi connectivity index (χ3v) is 6.47. The van der Waals surface area contributed by atoms with Gasteiger partial charge in [0.2, 0.25) is 0 Å². The molecule has 0 N–H and O–H groups in total. The highest BCUT2D eigenvalue weighted by atomic mass is 32.2. The summed E-state index contributed by atoms with van der Waals surface area (Å²) in [7, 11) is 0. The van der Waals surface area contributed by atoms with Gasteiger partial charge in [0.1, 0.15) is 0 Å². The first-order valence-corrected chi connectivity index (χ1v) is 5.99. The lowest BCUT2D eigenvalue weighted by atomic mass is 9.88. The molecule has 10 heavy (non-hydrogen) atoms. The molecule has 1 aliphatic carbocycles. The van der Waals surface area contributed by atoms with Gasteiger partial charge in [0, 0.05) is 20.5 Å². The first kappa shape index (κ1) is 6.24. The molecule has 3 aliphatic rings. The molecule has 56 valence electrons. The van der Waals surface area contributed by atoms with Crippen molar-refractivity contribution in [3.8, 4) is 0 Å². The zero-order chi connectivity index (χ0) is 6.77. The third kappa shape index (κ3) is 0.672. The number of rotatable bonds is 1. The summed E-state index contributed by atoms with van der Waals surface area (Å²) in [6, 6.07) is 0. The van der Waals surface area contributed by atoms with Crippen molar-refractivity contribution in [2.24, 2.45) is 0 Å². The maximum Gasteiger partial charge on any atom is 0.0290 e. The van der Waals surface area contributed by atoms with E-state index in [0.717, 1.165) is 20.5 Å². The average Bonchev–Trinajstić information content (AvgIpc) is 2.73. The largest absolute Gasteiger partial charge is 0.153 e. The fourth-order valence-electron chi connectivity index (χ4n) is 2.26. The molecule has 4 unspecified atom stereocenters. The Labute approximate surface area is 70.5 Å². The minimum atomic E-state index is 0.796. The molecular formula is C8H12S2. The minimum absolute atomic E-state index is 0.796. The van der Waals surface area contributed by atoms with Gasteiger partial charge in [0.15, 0.2) is 0 Å². The van der Waals surface area contributed by atoms with Crippen LogP contribution in [0.2, 0.25) is 0 Å². The van der Waals surface area contributed by atoms with Gasteiger partial charge in [-0.1, -0.05) is 6.92 Å². The van der Waals surface area contributed by atoms with Gasteiger partial charge in [-0.2, -0.15) is 11.8 Å². The zero-order valence-corrected chi connectivity index (χ0v) is 7.80. The molecule has 0 bridgehead atoms. The van der Waals surface area contributed by atoms with Gasteiger partial charge in [0.25, 0.3) is 0 Å². The Morgan fingerprint density at radius 3 is 3.20 bits per heavy atom. The molecule has 2 saturated heterocycles. The number of hydrogen-bond donors (Lipinski definition) is 0. The van der Waals surface area contributed by atoms with E-state index in [4.69, 9.17) is 0 Å². The molecule has 4 atom stereocenters. The summed E-state index contributed by atoms with van der Waals surface area (Å²) in [4.78, 5) is 0. The number of fused-ring (bicyclic) bond motifs is 2. The second kappa shape index (κ2) is 1.71. The summed E-state index contributed by atoms with van der Waals surface area (Å²) >= 11 is 4.50. The van der Waals surface area contributed by atoms with Crippen LogP contribution in [0, 0.1) is 0 Å². The van der Waals surface area contributed by atoms with Crippen molar-refractivity contribution in [3.63, 3.8) is 0 Å². The molecule has 0 spiro atoms. The van der Waals surface area contributed by atoms with Crippen molar-refractivity contribution >= 4 is 23.5 Å². The summed E-state index contributed by atoms with van der Waals surface area (Å²) < 4.78 is 0.796. The molecule has 0 aromatic rings. The molecule has 2 heteroatoms. The van der Waals surface area contributed by atoms with Crippen LogP contribution in [0.1, 0.15) is 26.2 Å². The third-order valence-electron chi connectivity index (χ3n) is 3.19. The van der Waals surface area contributed by atoms with Gasteiger partial charge in [-0.3, -0.25) is 0 Å². The fourth-order valence-corrected chi connectivity index (χ4v) is 5.36. The van der Waals surface area contributed by atoms with Crippen molar-refractivity contribution in [3.05, 3.63) is 0 Å². The second-order valence-electron chi connectivity index (χ2n) is 3.68. The first-order chi connectivity index (χ1) is 4.84. The van der Waals surface area contributed by atoms with Gasteiger partial charge in [-0.25, -0.2) is 0 Å². The Morgan fingerprint density at radius 1 is 1.50 bits per heavy atom. The standard InChI is InChI=1S/C8H12S2/c1-2-8-4-6-5(9-6)3-7(8)10-8/h5-7H,2-4H2,1H3. The minimum Gasteiger partial charge on any atom is -0.153 e. The van der Waals surface area contributed by atoms with E-state index in [0.29, 0.717) is 0 Å². The normalized spacial score (nSPS) is 62.7. The summed E-state index contributed by atoms with van der Waals surface area (Å²) in [5.74, 6) is 0. The molecule has 3 fully saturated rings. The Kier molecular flexibility index (Phi) is 1.07. The molecule has 0 amide bonds. The lowest BCUT2D eigenvalue weighted by molar-refractivity contribution is 0.503. The predicted octanol–water partition coefficient (Wildman–Crippen LogP) is 2.53. The first-order valence-electron chi connectivity index (χ1n) is 4.17. The molecule has 3 rings (SSSR count). The highest BCUT2D eigenvalue weighted by molar-refractivity contribution is 8.10. The topological polar surface area (TPSA) is 0 Å². The van der Waals surface area contributed by atoms with Crippen molar-refractivity contribution in [1.29, 1.82) is 0 Å². The van der Waals surface area contributed by atoms with Gasteiger partial charge in [0.05, 0.1) is 0 Å². The Bertz CT molecular complexity index is 180. The molecular weight excluding hydrogens is 160 g/mol. The summed E-state index contributed by atoms with van der Waals surface area (Å²) in [6.07, 6.45) is 4.49. The van der Waals surface area contributed by atoms with Crippen LogP contribution in [-0.4, -0.2) is 20.5 Å². The highest BCUT2D eigenvalue weighted by Gasteiger charge is 2.64. The van der Waals surface area contributed by atoms with Crippen molar-refractivity contribution < 1.29 is 0 Å². The second-order valence-corrected chi connectivity index (χ2v) is 6.78. The van der Waals surface area contributed by atoms with Crippen LogP contribution in [0.5, 0.6) is 0 Å². The summed E-state index contributed by atoms with van der Waals surface area (Å²) in [5.41, 5.74) is 0. The Balaban J connectivity index is 1.81. The molecule has 0 radical (unpaired) electrons. The quantitative estimate of drug-likeness (QED) is 0.557. The smallest absolute Gasteiger partial charge is 0.0290 e. The van der Waals surface area contributed by atoms with Crippen LogP contribution in [0.4, 0.5) is 0 Å². The lowest BCUT2D eigenvalue weighted by Gasteiger charge is -2.15. The van der Waals surface area contributed by atoms with E-state index in [1.807, 2.05) is 0 Å². The van der Waals surface area contributed by atoms with Crippen LogP contribution < -0.4 is 0 Å². The maximum absolute atomic E-state index is 2.36. The van der Waals surface area contributed by atoms with Crippen LogP contribution in [0.3, 0.4) is 0 Å². The lowest BCUT2D eigenvalue weighted by Crippen LogP contribution is -2.22. The summed E-state index contributed by atoms with van der Waals surface area (Å²) in [6.45, 7) is 2.36. The highest BCUT2D eigenvalue weighted by Crippen LogP contribution is 2.70. The molecule has 0 aromatic heterocycles. The zero-order valence-electron chi connectivity index (χ0n) is 6.17. The Morgan fingerprint density at radius 2 is 2.40 bits per heavy atom. The fraction of sp³-hybridized carbons (Fsp3) is 1.00. The van der Waals surface area contributed by atoms with Gasteiger partial charge in [-0.15, -0.1) is 11.8 Å². The van der Waals surface area contributed by atoms with Crippen LogP contribution in [-0.2, 0) is 0 Å². The number of thioether (sulfide) groups is 2. The van der Waals surface area contributed by atoms with E-state index in [-0.39, 0.29) is 0 Å². The monoisotopic (exact) mass is 172 g/mol. The molecule has 2 aliphatic heterocycles. The van der Waals surface area contributed by atoms with E-state index in [9.17, 15) is 0 Å². The summed E-state index contributed by atoms with van der Waals surface area (Å²) in [5, 5.41) is 3.26. The average molecular weight is 172 g/mol. The Hall–Kier alpha value is 0.700. The van der Waals surface area contributed by atoms with E-state index in [1.54, 1.807) is 0 Å². The SMILES string of the molecule is CCC12CC3SC3CC1S2. The van der Waals surface area contributed by atoms with Gasteiger partial charge < -0.3 is 0 Å². The van der Waals surface area contributed by atoms with E-state index >= 15 is 0 Å². The van der Waals surface area contributed by atoms with Crippen LogP contribution in [0.15, 0.2) is 0 Å². The predicted molar refractivity (Wildman–Crippen MR) is 48.8 cm³/mol. The van der Waals surface area contributed by atoms with Crippen LogP contribution in [0.25, 0.3) is 0 Å². The van der Waals surface area contributed by atoms with Crippen LogP contribution >= 0.6 is 23.5 Å². The van der Waals surface area contributed by atoms with Crippen molar-refractivity contribution in [1.82, 2.24) is 0 Å². The van der Waals surface area contributed by atoms with E-state index < -0.39 is 0 Å². The molecule has 0 nitrogen and oxygen atoms in total.